The zero-order valence-corrected chi connectivity index (χ0v) is 20.6. The Hall–Kier alpha value is -3.49. The van der Waals surface area contributed by atoms with Crippen LogP contribution < -0.4 is 0 Å². The summed E-state index contributed by atoms with van der Waals surface area (Å²) in [6, 6.07) is 41.7. The van der Waals surface area contributed by atoms with Crippen molar-refractivity contribution in [3.8, 4) is 0 Å². The van der Waals surface area contributed by atoms with Crippen molar-refractivity contribution in [3.63, 3.8) is 0 Å². The van der Waals surface area contributed by atoms with Crippen molar-refractivity contribution < 1.29 is 4.79 Å². The number of nitrogens with zero attached hydrogens (tertiary/aromatic N) is 1. The fourth-order valence-electron chi connectivity index (χ4n) is 4.76. The molecule has 4 aromatic carbocycles. The second kappa shape index (κ2) is 12.8. The molecule has 0 unspecified atom stereocenters. The minimum Gasteiger partial charge on any atom is -0.298 e. The van der Waals surface area contributed by atoms with E-state index >= 15 is 0 Å². The molecular formula is C33H35NO. The van der Waals surface area contributed by atoms with Gasteiger partial charge >= 0.3 is 0 Å². The van der Waals surface area contributed by atoms with Crippen molar-refractivity contribution in [3.05, 3.63) is 144 Å². The molecule has 2 atom stereocenters. The number of benzene rings is 4. The van der Waals surface area contributed by atoms with E-state index in [1.54, 1.807) is 0 Å². The van der Waals surface area contributed by atoms with E-state index in [1.807, 2.05) is 24.3 Å². The van der Waals surface area contributed by atoms with Gasteiger partial charge in [-0.3, -0.25) is 9.69 Å². The van der Waals surface area contributed by atoms with Crippen molar-refractivity contribution in [2.75, 3.05) is 0 Å². The Bertz CT molecular complexity index is 1100. The summed E-state index contributed by atoms with van der Waals surface area (Å²) in [6.45, 7) is 3.68. The van der Waals surface area contributed by atoms with Crippen LogP contribution in [0.5, 0.6) is 0 Å². The van der Waals surface area contributed by atoms with Gasteiger partial charge in [-0.2, -0.15) is 0 Å². The standard InChI is InChI=1S/C33H35NO/c1-27(22-28-14-6-2-7-15-28)23-33(35)32(24-29-16-8-3-9-17-29)34(25-30-18-10-4-11-19-30)26-31-20-12-5-13-21-31/h2-21,27,32H,22-26H2,1H3/t27-,32-/m0/s1. The SMILES string of the molecule is C[C@H](CC(=O)[C@H](Cc1ccccc1)N(Cc1ccccc1)Cc1ccccc1)Cc1ccccc1. The number of rotatable bonds is 12. The van der Waals surface area contributed by atoms with E-state index in [1.165, 1.54) is 22.3 Å². The Balaban J connectivity index is 1.59. The van der Waals surface area contributed by atoms with Gasteiger partial charge < -0.3 is 0 Å². The maximum atomic E-state index is 13.9. The van der Waals surface area contributed by atoms with E-state index in [2.05, 4.69) is 109 Å². The molecule has 178 valence electrons. The Labute approximate surface area is 210 Å². The highest BCUT2D eigenvalue weighted by Gasteiger charge is 2.27. The molecule has 0 aliphatic rings. The fraction of sp³-hybridized carbons (Fsp3) is 0.242. The Kier molecular flexibility index (Phi) is 9.03. The van der Waals surface area contributed by atoms with Gasteiger partial charge in [0.25, 0.3) is 0 Å². The first kappa shape index (κ1) is 24.6. The van der Waals surface area contributed by atoms with Crippen LogP contribution in [-0.4, -0.2) is 16.7 Å². The predicted octanol–water partition coefficient (Wildman–Crippen LogP) is 7.14. The third kappa shape index (κ3) is 7.77. The number of carbonyl (C=O) groups is 1. The first-order valence-corrected chi connectivity index (χ1v) is 12.6. The fourth-order valence-corrected chi connectivity index (χ4v) is 4.76. The lowest BCUT2D eigenvalue weighted by Gasteiger charge is -2.32. The van der Waals surface area contributed by atoms with Gasteiger partial charge in [-0.25, -0.2) is 0 Å². The maximum absolute atomic E-state index is 13.9. The van der Waals surface area contributed by atoms with E-state index in [0.717, 1.165) is 25.9 Å². The lowest BCUT2D eigenvalue weighted by molar-refractivity contribution is -0.125. The second-order valence-electron chi connectivity index (χ2n) is 9.55. The molecule has 0 amide bonds. The quantitative estimate of drug-likeness (QED) is 0.223. The van der Waals surface area contributed by atoms with E-state index in [0.29, 0.717) is 18.1 Å². The van der Waals surface area contributed by atoms with Gasteiger partial charge in [0.2, 0.25) is 0 Å². The number of hydrogen-bond acceptors (Lipinski definition) is 2. The van der Waals surface area contributed by atoms with E-state index in [-0.39, 0.29) is 6.04 Å². The molecule has 0 saturated heterocycles. The molecule has 2 heteroatoms. The van der Waals surface area contributed by atoms with Crippen LogP contribution in [0.3, 0.4) is 0 Å². The molecule has 0 heterocycles. The highest BCUT2D eigenvalue weighted by Crippen LogP contribution is 2.21. The zero-order valence-electron chi connectivity index (χ0n) is 20.6. The highest BCUT2D eigenvalue weighted by atomic mass is 16.1. The van der Waals surface area contributed by atoms with Gasteiger partial charge in [0, 0.05) is 19.5 Å². The first-order valence-electron chi connectivity index (χ1n) is 12.6. The second-order valence-corrected chi connectivity index (χ2v) is 9.55. The van der Waals surface area contributed by atoms with Crippen LogP contribution in [0.2, 0.25) is 0 Å². The molecule has 0 radical (unpaired) electrons. The Morgan fingerprint density at radius 1 is 0.571 bits per heavy atom. The minimum absolute atomic E-state index is 0.184. The van der Waals surface area contributed by atoms with Gasteiger partial charge in [0.15, 0.2) is 5.78 Å². The number of Topliss-reactive ketones (excluding diaryl/α,β-unsaturated/α-hetero) is 1. The van der Waals surface area contributed by atoms with E-state index in [9.17, 15) is 4.79 Å². The lowest BCUT2D eigenvalue weighted by Crippen LogP contribution is -2.42. The van der Waals surface area contributed by atoms with Gasteiger partial charge in [-0.1, -0.05) is 128 Å². The molecule has 0 aliphatic heterocycles. The zero-order chi connectivity index (χ0) is 24.3. The van der Waals surface area contributed by atoms with Crippen LogP contribution >= 0.6 is 0 Å². The van der Waals surface area contributed by atoms with Crippen molar-refractivity contribution in [2.45, 2.75) is 45.3 Å². The average Bonchev–Trinajstić information content (AvgIpc) is 2.89. The summed E-state index contributed by atoms with van der Waals surface area (Å²) in [4.78, 5) is 16.3. The summed E-state index contributed by atoms with van der Waals surface area (Å²) < 4.78 is 0. The summed E-state index contributed by atoms with van der Waals surface area (Å²) in [6.07, 6.45) is 2.21. The predicted molar refractivity (Wildman–Crippen MR) is 145 cm³/mol. The molecule has 0 N–H and O–H groups in total. The lowest BCUT2D eigenvalue weighted by atomic mass is 9.90. The van der Waals surface area contributed by atoms with Crippen LogP contribution in [0.4, 0.5) is 0 Å². The Morgan fingerprint density at radius 2 is 0.943 bits per heavy atom. The molecule has 0 saturated carbocycles. The molecule has 4 rings (SSSR count). The van der Waals surface area contributed by atoms with Crippen LogP contribution in [0.1, 0.15) is 35.6 Å². The minimum atomic E-state index is -0.184. The summed E-state index contributed by atoms with van der Waals surface area (Å²) >= 11 is 0. The Morgan fingerprint density at radius 3 is 1.37 bits per heavy atom. The topological polar surface area (TPSA) is 20.3 Å². The van der Waals surface area contributed by atoms with Crippen molar-refractivity contribution >= 4 is 5.78 Å². The van der Waals surface area contributed by atoms with Gasteiger partial charge in [0.1, 0.15) is 0 Å². The molecule has 0 spiro atoms. The molecule has 0 bridgehead atoms. The monoisotopic (exact) mass is 461 g/mol. The van der Waals surface area contributed by atoms with Gasteiger partial charge in [-0.15, -0.1) is 0 Å². The maximum Gasteiger partial charge on any atom is 0.150 e. The van der Waals surface area contributed by atoms with Crippen LogP contribution in [0.15, 0.2) is 121 Å². The third-order valence-corrected chi connectivity index (χ3v) is 6.52. The average molecular weight is 462 g/mol. The van der Waals surface area contributed by atoms with Crippen LogP contribution in [0.25, 0.3) is 0 Å². The molecule has 4 aromatic rings. The van der Waals surface area contributed by atoms with Crippen molar-refractivity contribution in [1.82, 2.24) is 4.90 Å². The van der Waals surface area contributed by atoms with Gasteiger partial charge in [-0.05, 0) is 41.0 Å². The summed E-state index contributed by atoms with van der Waals surface area (Å²) in [7, 11) is 0. The number of ketones is 1. The first-order chi connectivity index (χ1) is 17.2. The van der Waals surface area contributed by atoms with Crippen LogP contribution in [0, 0.1) is 5.92 Å². The summed E-state index contributed by atoms with van der Waals surface area (Å²) in [5.74, 6) is 0.614. The smallest absolute Gasteiger partial charge is 0.150 e. The molecule has 35 heavy (non-hydrogen) atoms. The molecule has 2 nitrogen and oxygen atoms in total. The number of hydrogen-bond donors (Lipinski definition) is 0. The molecule has 0 fully saturated rings. The summed E-state index contributed by atoms with van der Waals surface area (Å²) in [5, 5.41) is 0. The van der Waals surface area contributed by atoms with Crippen LogP contribution in [-0.2, 0) is 30.7 Å². The highest BCUT2D eigenvalue weighted by molar-refractivity contribution is 5.84. The van der Waals surface area contributed by atoms with Gasteiger partial charge in [0.05, 0.1) is 6.04 Å². The number of carbonyl (C=O) groups excluding carboxylic acids is 1. The van der Waals surface area contributed by atoms with Crippen molar-refractivity contribution in [2.24, 2.45) is 5.92 Å². The molecule has 0 aliphatic carbocycles. The van der Waals surface area contributed by atoms with E-state index in [4.69, 9.17) is 0 Å². The molecular weight excluding hydrogens is 426 g/mol. The van der Waals surface area contributed by atoms with Crippen molar-refractivity contribution in [1.29, 1.82) is 0 Å². The van der Waals surface area contributed by atoms with E-state index < -0.39 is 0 Å². The normalized spacial score (nSPS) is 12.9. The third-order valence-electron chi connectivity index (χ3n) is 6.52. The molecule has 0 aromatic heterocycles. The summed E-state index contributed by atoms with van der Waals surface area (Å²) in [5.41, 5.74) is 4.95. The largest absolute Gasteiger partial charge is 0.298 e.